The third-order valence-corrected chi connectivity index (χ3v) is 3.33. The van der Waals surface area contributed by atoms with Crippen LogP contribution in [0, 0.1) is 0 Å². The van der Waals surface area contributed by atoms with Gasteiger partial charge in [-0.3, -0.25) is 9.78 Å². The minimum Gasteiger partial charge on any atom is -0.384 e. The Balaban J connectivity index is 2.18. The Labute approximate surface area is 106 Å². The molecule has 2 heterocycles. The van der Waals surface area contributed by atoms with E-state index in [9.17, 15) is 4.79 Å². The maximum atomic E-state index is 11.7. The molecule has 3 nitrogen and oxygen atoms in total. The molecule has 18 heavy (non-hydrogen) atoms. The number of ketones is 1. The average Bonchev–Trinajstić information content (AvgIpc) is 2.86. The van der Waals surface area contributed by atoms with Gasteiger partial charge in [0.25, 0.3) is 0 Å². The third kappa shape index (κ3) is 1.78. The van der Waals surface area contributed by atoms with Gasteiger partial charge in [-0.05, 0) is 54.3 Å². The Morgan fingerprint density at radius 1 is 1.22 bits per heavy atom. The fourth-order valence-corrected chi connectivity index (χ4v) is 2.45. The van der Waals surface area contributed by atoms with Crippen molar-refractivity contribution >= 4 is 11.5 Å². The van der Waals surface area contributed by atoms with Gasteiger partial charge in [0.2, 0.25) is 0 Å². The summed E-state index contributed by atoms with van der Waals surface area (Å²) in [6.07, 6.45) is 4.47. The summed E-state index contributed by atoms with van der Waals surface area (Å²) in [6.45, 7) is 2.54. The molecule has 0 atom stereocenters. The molecule has 2 aromatic rings. The summed E-state index contributed by atoms with van der Waals surface area (Å²) in [7, 11) is 0. The molecule has 0 bridgehead atoms. The van der Waals surface area contributed by atoms with E-state index in [1.807, 2.05) is 18.2 Å². The van der Waals surface area contributed by atoms with Crippen molar-refractivity contribution in [1.29, 1.82) is 0 Å². The summed E-state index contributed by atoms with van der Waals surface area (Å²) >= 11 is 0. The van der Waals surface area contributed by atoms with E-state index in [1.165, 1.54) is 0 Å². The zero-order chi connectivity index (χ0) is 12.5. The highest BCUT2D eigenvalue weighted by molar-refractivity contribution is 5.99. The smallest absolute Gasteiger partial charge is 0.160 e. The predicted octanol–water partition coefficient (Wildman–Crippen LogP) is 2.92. The quantitative estimate of drug-likeness (QED) is 0.818. The first-order valence-electron chi connectivity index (χ1n) is 6.08. The molecule has 0 saturated heterocycles. The first-order chi connectivity index (χ1) is 8.75. The van der Waals surface area contributed by atoms with Gasteiger partial charge in [0.15, 0.2) is 5.78 Å². The molecule has 1 aliphatic heterocycles. The standard InChI is InChI=1S/C15H14N2O/c1-10(18)14-8-12(11-2-5-16-6-3-11)9-15-13(14)4-7-17-15/h2-3,5-6,8-9,17H,4,7H2,1H3. The van der Waals surface area contributed by atoms with Gasteiger partial charge < -0.3 is 5.32 Å². The fraction of sp³-hybridized carbons (Fsp3) is 0.200. The molecule has 90 valence electrons. The minimum atomic E-state index is 0.130. The Hall–Kier alpha value is -2.16. The molecular formula is C15H14N2O. The molecule has 0 fully saturated rings. The highest BCUT2D eigenvalue weighted by Gasteiger charge is 2.18. The molecule has 0 spiro atoms. The van der Waals surface area contributed by atoms with E-state index in [0.717, 1.165) is 40.9 Å². The molecule has 1 aromatic heterocycles. The number of nitrogens with one attached hydrogen (secondary N) is 1. The van der Waals surface area contributed by atoms with Crippen LogP contribution >= 0.6 is 0 Å². The molecule has 0 unspecified atom stereocenters. The average molecular weight is 238 g/mol. The van der Waals surface area contributed by atoms with Crippen LogP contribution in [-0.4, -0.2) is 17.3 Å². The Morgan fingerprint density at radius 3 is 2.72 bits per heavy atom. The largest absolute Gasteiger partial charge is 0.384 e. The van der Waals surface area contributed by atoms with Gasteiger partial charge in [-0.15, -0.1) is 0 Å². The normalized spacial score (nSPS) is 12.9. The lowest BCUT2D eigenvalue weighted by atomic mass is 9.96. The zero-order valence-corrected chi connectivity index (χ0v) is 10.2. The van der Waals surface area contributed by atoms with E-state index in [2.05, 4.69) is 16.4 Å². The van der Waals surface area contributed by atoms with E-state index in [0.29, 0.717) is 0 Å². The van der Waals surface area contributed by atoms with E-state index >= 15 is 0 Å². The lowest BCUT2D eigenvalue weighted by molar-refractivity contribution is 0.101. The van der Waals surface area contributed by atoms with E-state index in [1.54, 1.807) is 19.3 Å². The maximum Gasteiger partial charge on any atom is 0.160 e. The monoisotopic (exact) mass is 238 g/mol. The molecule has 0 saturated carbocycles. The zero-order valence-electron chi connectivity index (χ0n) is 10.2. The Morgan fingerprint density at radius 2 is 2.00 bits per heavy atom. The van der Waals surface area contributed by atoms with Crippen molar-refractivity contribution in [2.24, 2.45) is 0 Å². The van der Waals surface area contributed by atoms with E-state index < -0.39 is 0 Å². The Kier molecular flexibility index (Phi) is 2.59. The van der Waals surface area contributed by atoms with Gasteiger partial charge in [-0.25, -0.2) is 0 Å². The van der Waals surface area contributed by atoms with Gasteiger partial charge in [0.1, 0.15) is 0 Å². The first kappa shape index (κ1) is 11.0. The second-order valence-corrected chi connectivity index (χ2v) is 4.52. The highest BCUT2D eigenvalue weighted by atomic mass is 16.1. The predicted molar refractivity (Wildman–Crippen MR) is 71.9 cm³/mol. The van der Waals surface area contributed by atoms with Crippen molar-refractivity contribution in [3.63, 3.8) is 0 Å². The summed E-state index contributed by atoms with van der Waals surface area (Å²) in [6, 6.07) is 8.02. The van der Waals surface area contributed by atoms with Crippen LogP contribution in [0.1, 0.15) is 22.8 Å². The second-order valence-electron chi connectivity index (χ2n) is 4.52. The fourth-order valence-electron chi connectivity index (χ4n) is 2.45. The summed E-state index contributed by atoms with van der Waals surface area (Å²) in [5.41, 5.74) is 5.24. The first-order valence-corrected chi connectivity index (χ1v) is 6.08. The number of fused-ring (bicyclic) bond motifs is 1. The number of pyridine rings is 1. The molecule has 0 aliphatic carbocycles. The SMILES string of the molecule is CC(=O)c1cc(-c2ccncc2)cc2c1CCN2. The van der Waals surface area contributed by atoms with Crippen molar-refractivity contribution in [2.45, 2.75) is 13.3 Å². The summed E-state index contributed by atoms with van der Waals surface area (Å²) in [4.78, 5) is 15.8. The van der Waals surface area contributed by atoms with E-state index in [4.69, 9.17) is 0 Å². The van der Waals surface area contributed by atoms with Crippen LogP contribution in [0.4, 0.5) is 5.69 Å². The van der Waals surface area contributed by atoms with Gasteiger partial charge in [-0.1, -0.05) is 0 Å². The number of hydrogen-bond acceptors (Lipinski definition) is 3. The summed E-state index contributed by atoms with van der Waals surface area (Å²) < 4.78 is 0. The molecule has 1 N–H and O–H groups in total. The number of anilines is 1. The van der Waals surface area contributed by atoms with Crippen LogP contribution in [0.2, 0.25) is 0 Å². The second kappa shape index (κ2) is 4.26. The minimum absolute atomic E-state index is 0.130. The maximum absolute atomic E-state index is 11.7. The number of carbonyl (C=O) groups is 1. The highest BCUT2D eigenvalue weighted by Crippen LogP contribution is 2.32. The number of aromatic nitrogens is 1. The molecule has 1 aromatic carbocycles. The number of benzene rings is 1. The molecular weight excluding hydrogens is 224 g/mol. The molecule has 0 radical (unpaired) electrons. The van der Waals surface area contributed by atoms with Crippen molar-refractivity contribution in [3.8, 4) is 11.1 Å². The van der Waals surface area contributed by atoms with Crippen LogP contribution in [0.15, 0.2) is 36.7 Å². The van der Waals surface area contributed by atoms with Crippen molar-refractivity contribution in [3.05, 3.63) is 47.8 Å². The summed E-state index contributed by atoms with van der Waals surface area (Å²) in [5, 5.41) is 3.34. The van der Waals surface area contributed by atoms with Crippen LogP contribution < -0.4 is 5.32 Å². The van der Waals surface area contributed by atoms with Crippen LogP contribution in [0.3, 0.4) is 0 Å². The van der Waals surface area contributed by atoms with Gasteiger partial charge in [0.05, 0.1) is 0 Å². The van der Waals surface area contributed by atoms with Crippen LogP contribution in [-0.2, 0) is 6.42 Å². The lowest BCUT2D eigenvalue weighted by Crippen LogP contribution is -1.98. The Bertz CT molecular complexity index is 605. The van der Waals surface area contributed by atoms with Crippen molar-refractivity contribution in [1.82, 2.24) is 4.98 Å². The number of Topliss-reactive ketones (excluding diaryl/α,β-unsaturated/α-hetero) is 1. The number of nitrogens with zero attached hydrogens (tertiary/aromatic N) is 1. The van der Waals surface area contributed by atoms with Gasteiger partial charge in [-0.2, -0.15) is 0 Å². The topological polar surface area (TPSA) is 42.0 Å². The van der Waals surface area contributed by atoms with Crippen molar-refractivity contribution in [2.75, 3.05) is 11.9 Å². The number of carbonyl (C=O) groups excluding carboxylic acids is 1. The summed E-state index contributed by atoms with van der Waals surface area (Å²) in [5.74, 6) is 0.130. The van der Waals surface area contributed by atoms with Crippen LogP contribution in [0.5, 0.6) is 0 Å². The molecule has 1 aliphatic rings. The van der Waals surface area contributed by atoms with Crippen LogP contribution in [0.25, 0.3) is 11.1 Å². The number of hydrogen-bond donors (Lipinski definition) is 1. The van der Waals surface area contributed by atoms with Crippen molar-refractivity contribution < 1.29 is 4.79 Å². The molecule has 0 amide bonds. The number of rotatable bonds is 2. The van der Waals surface area contributed by atoms with Gasteiger partial charge in [0, 0.05) is 30.2 Å². The lowest BCUT2D eigenvalue weighted by Gasteiger charge is -2.09. The third-order valence-electron chi connectivity index (χ3n) is 3.33. The molecule has 3 heteroatoms. The molecule has 3 rings (SSSR count). The van der Waals surface area contributed by atoms with E-state index in [-0.39, 0.29) is 5.78 Å². The van der Waals surface area contributed by atoms with Gasteiger partial charge >= 0.3 is 0 Å².